The zero-order valence-corrected chi connectivity index (χ0v) is 20.1. The van der Waals surface area contributed by atoms with Crippen LogP contribution in [0.3, 0.4) is 0 Å². The van der Waals surface area contributed by atoms with Gasteiger partial charge in [0.2, 0.25) is 5.88 Å². The van der Waals surface area contributed by atoms with E-state index in [9.17, 15) is 9.59 Å². The fraction of sp³-hybridized carbons (Fsp3) is 0.720. The number of carbonyl (C=O) groups excluding carboxylic acids is 2. The van der Waals surface area contributed by atoms with E-state index < -0.39 is 5.60 Å². The zero-order valence-electron chi connectivity index (χ0n) is 20.1. The molecule has 32 heavy (non-hydrogen) atoms. The fourth-order valence-corrected chi connectivity index (χ4v) is 4.37. The largest absolute Gasteiger partial charge is 0.477 e. The van der Waals surface area contributed by atoms with Gasteiger partial charge in [0.15, 0.2) is 0 Å². The molecule has 0 N–H and O–H groups in total. The summed E-state index contributed by atoms with van der Waals surface area (Å²) in [5.41, 5.74) is 0.620. The summed E-state index contributed by atoms with van der Waals surface area (Å²) in [5, 5.41) is 0. The fourth-order valence-electron chi connectivity index (χ4n) is 4.37. The number of aromatic nitrogens is 1. The van der Waals surface area contributed by atoms with Crippen molar-refractivity contribution in [2.45, 2.75) is 71.8 Å². The Morgan fingerprint density at radius 3 is 2.47 bits per heavy atom. The standard InChI is InChI=1S/C25H38N2O5/c1-6-30-23(28)17(2)22(19-7-8-19)20-9-12-26-21(15-20)31-16-18-10-13-27(14-11-18)24(29)32-25(3,4)5/h9,12,15,17-19,22H,6-8,10-11,13-14,16H2,1-5H3/t17?,22-/m0/s1. The van der Waals surface area contributed by atoms with Crippen LogP contribution < -0.4 is 4.74 Å². The molecule has 1 aliphatic carbocycles. The van der Waals surface area contributed by atoms with Crippen LogP contribution in [0.15, 0.2) is 18.3 Å². The molecule has 1 saturated heterocycles. The molecule has 1 aromatic rings. The number of amides is 1. The van der Waals surface area contributed by atoms with Gasteiger partial charge in [-0.3, -0.25) is 4.79 Å². The molecule has 1 aliphatic heterocycles. The maximum absolute atomic E-state index is 12.4. The van der Waals surface area contributed by atoms with E-state index in [1.54, 1.807) is 11.1 Å². The van der Waals surface area contributed by atoms with E-state index in [1.165, 1.54) is 0 Å². The summed E-state index contributed by atoms with van der Waals surface area (Å²) in [7, 11) is 0. The highest BCUT2D eigenvalue weighted by molar-refractivity contribution is 5.73. The van der Waals surface area contributed by atoms with Gasteiger partial charge in [0.25, 0.3) is 0 Å². The number of likely N-dealkylation sites (tertiary alicyclic amines) is 1. The Morgan fingerprint density at radius 2 is 1.88 bits per heavy atom. The van der Waals surface area contributed by atoms with Gasteiger partial charge >= 0.3 is 12.1 Å². The smallest absolute Gasteiger partial charge is 0.410 e. The molecule has 2 atom stereocenters. The number of carbonyl (C=O) groups is 2. The van der Waals surface area contributed by atoms with Crippen molar-refractivity contribution in [3.8, 4) is 5.88 Å². The van der Waals surface area contributed by atoms with E-state index in [0.29, 0.717) is 44.0 Å². The predicted octanol–water partition coefficient (Wildman–Crippen LogP) is 4.80. The second-order valence-corrected chi connectivity index (χ2v) is 10.1. The number of rotatable bonds is 8. The highest BCUT2D eigenvalue weighted by Crippen LogP contribution is 2.47. The van der Waals surface area contributed by atoms with Crippen molar-refractivity contribution in [1.82, 2.24) is 9.88 Å². The summed E-state index contributed by atoms with van der Waals surface area (Å²) in [5.74, 6) is 1.30. The van der Waals surface area contributed by atoms with Crippen LogP contribution in [0.1, 0.15) is 71.8 Å². The minimum Gasteiger partial charge on any atom is -0.477 e. The molecule has 0 spiro atoms. The van der Waals surface area contributed by atoms with Gasteiger partial charge in [-0.15, -0.1) is 0 Å². The van der Waals surface area contributed by atoms with E-state index in [2.05, 4.69) is 4.98 Å². The molecule has 2 fully saturated rings. The number of hydrogen-bond donors (Lipinski definition) is 0. The first-order chi connectivity index (χ1) is 15.2. The van der Waals surface area contributed by atoms with E-state index in [0.717, 1.165) is 31.2 Å². The molecule has 7 heteroatoms. The number of pyridine rings is 1. The Labute approximate surface area is 191 Å². The Kier molecular flexibility index (Phi) is 8.01. The number of esters is 1. The highest BCUT2D eigenvalue weighted by Gasteiger charge is 2.39. The summed E-state index contributed by atoms with van der Waals surface area (Å²) >= 11 is 0. The molecule has 1 saturated carbocycles. The quantitative estimate of drug-likeness (QED) is 0.534. The van der Waals surface area contributed by atoms with E-state index in [-0.39, 0.29) is 23.9 Å². The van der Waals surface area contributed by atoms with Gasteiger partial charge in [0.05, 0.1) is 19.1 Å². The molecule has 1 amide bonds. The summed E-state index contributed by atoms with van der Waals surface area (Å²) in [4.78, 5) is 30.7. The van der Waals surface area contributed by atoms with Gasteiger partial charge in [-0.2, -0.15) is 0 Å². The third-order valence-electron chi connectivity index (χ3n) is 6.20. The number of ether oxygens (including phenoxy) is 3. The first-order valence-electron chi connectivity index (χ1n) is 11.9. The maximum atomic E-state index is 12.4. The van der Waals surface area contributed by atoms with Crippen LogP contribution in [0.2, 0.25) is 0 Å². The van der Waals surface area contributed by atoms with Crippen LogP contribution >= 0.6 is 0 Å². The summed E-state index contributed by atoms with van der Waals surface area (Å²) in [6.07, 6.45) is 5.57. The molecule has 1 unspecified atom stereocenters. The second-order valence-electron chi connectivity index (χ2n) is 10.1. The normalized spacial score (nSPS) is 19.2. The molecule has 0 radical (unpaired) electrons. The number of piperidine rings is 1. The molecule has 178 valence electrons. The summed E-state index contributed by atoms with van der Waals surface area (Å²) in [6.45, 7) is 11.8. The lowest BCUT2D eigenvalue weighted by Crippen LogP contribution is -2.42. The van der Waals surface area contributed by atoms with Gasteiger partial charge in [0, 0.05) is 25.4 Å². The molecule has 2 aliphatic rings. The highest BCUT2D eigenvalue weighted by atomic mass is 16.6. The zero-order chi connectivity index (χ0) is 23.3. The van der Waals surface area contributed by atoms with Crippen LogP contribution in [-0.4, -0.2) is 53.9 Å². The first-order valence-corrected chi connectivity index (χ1v) is 11.9. The summed E-state index contributed by atoms with van der Waals surface area (Å²) < 4.78 is 16.8. The van der Waals surface area contributed by atoms with E-state index >= 15 is 0 Å². The topological polar surface area (TPSA) is 78.0 Å². The minimum atomic E-state index is -0.475. The Bertz CT molecular complexity index is 779. The third kappa shape index (κ3) is 6.84. The van der Waals surface area contributed by atoms with Crippen molar-refractivity contribution in [2.24, 2.45) is 17.8 Å². The van der Waals surface area contributed by atoms with Gasteiger partial charge in [-0.25, -0.2) is 9.78 Å². The van der Waals surface area contributed by atoms with Crippen LogP contribution in [0.5, 0.6) is 5.88 Å². The lowest BCUT2D eigenvalue weighted by atomic mass is 9.83. The molecule has 1 aromatic heterocycles. The van der Waals surface area contributed by atoms with Crippen LogP contribution in [0.4, 0.5) is 4.79 Å². The molecule has 0 aromatic carbocycles. The number of nitrogens with zero attached hydrogens (tertiary/aromatic N) is 2. The van der Waals surface area contributed by atoms with Crippen molar-refractivity contribution < 1.29 is 23.8 Å². The predicted molar refractivity (Wildman–Crippen MR) is 122 cm³/mol. The molecule has 7 nitrogen and oxygen atoms in total. The van der Waals surface area contributed by atoms with Crippen LogP contribution in [0, 0.1) is 17.8 Å². The van der Waals surface area contributed by atoms with Crippen molar-refractivity contribution in [3.63, 3.8) is 0 Å². The molecular formula is C25H38N2O5. The summed E-state index contributed by atoms with van der Waals surface area (Å²) in [6, 6.07) is 3.97. The van der Waals surface area contributed by atoms with Crippen LogP contribution in [-0.2, 0) is 14.3 Å². The molecule has 2 heterocycles. The SMILES string of the molecule is CCOC(=O)C(C)[C@H](c1ccnc(OCC2CCN(C(=O)OC(C)(C)C)CC2)c1)C1CC1. The molecule has 0 bridgehead atoms. The van der Waals surface area contributed by atoms with Gasteiger partial charge in [0.1, 0.15) is 5.60 Å². The van der Waals surface area contributed by atoms with Gasteiger partial charge in [-0.1, -0.05) is 6.92 Å². The Balaban J connectivity index is 1.53. The number of hydrogen-bond acceptors (Lipinski definition) is 6. The Hall–Kier alpha value is -2.31. The van der Waals surface area contributed by atoms with E-state index in [1.807, 2.05) is 46.8 Å². The average Bonchev–Trinajstić information content (AvgIpc) is 3.57. The molecule has 3 rings (SSSR count). The maximum Gasteiger partial charge on any atom is 0.410 e. The lowest BCUT2D eigenvalue weighted by molar-refractivity contribution is -0.148. The van der Waals surface area contributed by atoms with Crippen molar-refractivity contribution >= 4 is 12.1 Å². The average molecular weight is 447 g/mol. The van der Waals surface area contributed by atoms with Crippen molar-refractivity contribution in [1.29, 1.82) is 0 Å². The van der Waals surface area contributed by atoms with Crippen molar-refractivity contribution in [2.75, 3.05) is 26.3 Å². The second kappa shape index (κ2) is 10.5. The minimum absolute atomic E-state index is 0.136. The first kappa shape index (κ1) is 24.3. The lowest BCUT2D eigenvalue weighted by Gasteiger charge is -2.33. The molecular weight excluding hydrogens is 408 g/mol. The van der Waals surface area contributed by atoms with Crippen molar-refractivity contribution in [3.05, 3.63) is 23.9 Å². The van der Waals surface area contributed by atoms with Gasteiger partial charge < -0.3 is 19.1 Å². The Morgan fingerprint density at radius 1 is 1.19 bits per heavy atom. The van der Waals surface area contributed by atoms with Gasteiger partial charge in [-0.05, 0) is 82.8 Å². The van der Waals surface area contributed by atoms with Crippen LogP contribution in [0.25, 0.3) is 0 Å². The van der Waals surface area contributed by atoms with E-state index in [4.69, 9.17) is 14.2 Å². The monoisotopic (exact) mass is 446 g/mol. The third-order valence-corrected chi connectivity index (χ3v) is 6.20.